The molecule has 15 heavy (non-hydrogen) atoms. The topological polar surface area (TPSA) is 12.0 Å². The molecule has 1 atom stereocenters. The molecule has 1 nitrogen and oxygen atoms in total. The summed E-state index contributed by atoms with van der Waals surface area (Å²) >= 11 is 0. The highest BCUT2D eigenvalue weighted by molar-refractivity contribution is 5.34. The Morgan fingerprint density at radius 2 is 2.07 bits per heavy atom. The van der Waals surface area contributed by atoms with Crippen molar-refractivity contribution >= 4 is 0 Å². The van der Waals surface area contributed by atoms with E-state index in [4.69, 9.17) is 0 Å². The van der Waals surface area contributed by atoms with E-state index in [1.807, 2.05) is 0 Å². The molecular formula is C14H17N. The molecule has 0 bridgehead atoms. The van der Waals surface area contributed by atoms with Crippen LogP contribution in [0.2, 0.25) is 0 Å². The van der Waals surface area contributed by atoms with E-state index in [1.54, 1.807) is 5.57 Å². The maximum Gasteiger partial charge on any atom is 0.0328 e. The lowest BCUT2D eigenvalue weighted by Gasteiger charge is -2.11. The van der Waals surface area contributed by atoms with Gasteiger partial charge in [0.15, 0.2) is 0 Å². The van der Waals surface area contributed by atoms with Crippen molar-refractivity contribution in [1.82, 2.24) is 5.32 Å². The largest absolute Gasteiger partial charge is 0.306 e. The number of aryl methyl sites for hydroxylation is 1. The molecule has 0 amide bonds. The molecule has 2 aliphatic carbocycles. The first-order chi connectivity index (χ1) is 7.43. The van der Waals surface area contributed by atoms with Crippen LogP contribution in [0.5, 0.6) is 0 Å². The van der Waals surface area contributed by atoms with E-state index >= 15 is 0 Å². The third-order valence-corrected chi connectivity index (χ3v) is 3.43. The van der Waals surface area contributed by atoms with E-state index in [0.29, 0.717) is 6.04 Å². The average Bonchev–Trinajstić information content (AvgIpc) is 3.00. The SMILES string of the molecule is C(CNC1CCc2ccccc21)=C1CC1. The molecule has 0 aromatic heterocycles. The molecule has 1 N–H and O–H groups in total. The van der Waals surface area contributed by atoms with Crippen molar-refractivity contribution in [2.24, 2.45) is 0 Å². The van der Waals surface area contributed by atoms with Crippen LogP contribution in [0.4, 0.5) is 0 Å². The van der Waals surface area contributed by atoms with Crippen molar-refractivity contribution in [1.29, 1.82) is 0 Å². The zero-order valence-electron chi connectivity index (χ0n) is 9.00. The Bertz CT molecular complexity index is 386. The zero-order valence-corrected chi connectivity index (χ0v) is 9.00. The van der Waals surface area contributed by atoms with Crippen molar-refractivity contribution in [2.45, 2.75) is 31.7 Å². The summed E-state index contributed by atoms with van der Waals surface area (Å²) in [6, 6.07) is 9.42. The molecule has 1 heteroatoms. The van der Waals surface area contributed by atoms with Crippen molar-refractivity contribution in [3.8, 4) is 0 Å². The van der Waals surface area contributed by atoms with Gasteiger partial charge in [-0.15, -0.1) is 0 Å². The zero-order chi connectivity index (χ0) is 10.1. The number of rotatable bonds is 3. The molecule has 0 radical (unpaired) electrons. The number of allylic oxidation sites excluding steroid dienone is 1. The molecule has 0 saturated heterocycles. The summed E-state index contributed by atoms with van der Waals surface area (Å²) in [5, 5.41) is 3.63. The molecule has 0 aliphatic heterocycles. The molecule has 3 rings (SSSR count). The molecule has 1 aromatic carbocycles. The maximum atomic E-state index is 3.63. The van der Waals surface area contributed by atoms with Gasteiger partial charge >= 0.3 is 0 Å². The van der Waals surface area contributed by atoms with E-state index in [-0.39, 0.29) is 0 Å². The van der Waals surface area contributed by atoms with Crippen molar-refractivity contribution in [3.63, 3.8) is 0 Å². The first kappa shape index (κ1) is 9.17. The van der Waals surface area contributed by atoms with Crippen LogP contribution in [0.3, 0.4) is 0 Å². The Hall–Kier alpha value is -1.08. The van der Waals surface area contributed by atoms with Crippen molar-refractivity contribution in [2.75, 3.05) is 6.54 Å². The Kier molecular flexibility index (Phi) is 2.34. The third-order valence-electron chi connectivity index (χ3n) is 3.43. The molecular weight excluding hydrogens is 182 g/mol. The molecule has 1 aromatic rings. The van der Waals surface area contributed by atoms with Gasteiger partial charge in [0.2, 0.25) is 0 Å². The van der Waals surface area contributed by atoms with Crippen molar-refractivity contribution in [3.05, 3.63) is 47.0 Å². The van der Waals surface area contributed by atoms with Crippen LogP contribution in [0, 0.1) is 0 Å². The first-order valence-electron chi connectivity index (χ1n) is 5.92. The van der Waals surface area contributed by atoms with Crippen LogP contribution >= 0.6 is 0 Å². The van der Waals surface area contributed by atoms with Gasteiger partial charge in [-0.25, -0.2) is 0 Å². The van der Waals surface area contributed by atoms with E-state index in [9.17, 15) is 0 Å². The second kappa shape index (κ2) is 3.82. The Morgan fingerprint density at radius 3 is 2.93 bits per heavy atom. The van der Waals surface area contributed by atoms with Gasteiger partial charge in [0.1, 0.15) is 0 Å². The minimum Gasteiger partial charge on any atom is -0.306 e. The lowest BCUT2D eigenvalue weighted by atomic mass is 10.1. The van der Waals surface area contributed by atoms with Crippen LogP contribution in [0.15, 0.2) is 35.9 Å². The van der Waals surface area contributed by atoms with Gasteiger partial charge in [0.25, 0.3) is 0 Å². The fourth-order valence-electron chi connectivity index (χ4n) is 2.39. The maximum absolute atomic E-state index is 3.63. The van der Waals surface area contributed by atoms with Gasteiger partial charge in [-0.1, -0.05) is 35.9 Å². The van der Waals surface area contributed by atoms with Crippen LogP contribution in [-0.4, -0.2) is 6.54 Å². The Balaban J connectivity index is 1.65. The highest BCUT2D eigenvalue weighted by atomic mass is 14.9. The summed E-state index contributed by atoms with van der Waals surface area (Å²) in [7, 11) is 0. The van der Waals surface area contributed by atoms with Crippen LogP contribution < -0.4 is 5.32 Å². The predicted octanol–water partition coefficient (Wildman–Crippen LogP) is 2.98. The van der Waals surface area contributed by atoms with E-state index in [0.717, 1.165) is 6.54 Å². The van der Waals surface area contributed by atoms with Gasteiger partial charge in [0, 0.05) is 12.6 Å². The van der Waals surface area contributed by atoms with E-state index in [1.165, 1.54) is 36.8 Å². The highest BCUT2D eigenvalue weighted by Gasteiger charge is 2.20. The fraction of sp³-hybridized carbons (Fsp3) is 0.429. The second-order valence-corrected chi connectivity index (χ2v) is 4.56. The lowest BCUT2D eigenvalue weighted by Crippen LogP contribution is -2.18. The van der Waals surface area contributed by atoms with Gasteiger partial charge in [-0.2, -0.15) is 0 Å². The van der Waals surface area contributed by atoms with Crippen LogP contribution in [0.25, 0.3) is 0 Å². The van der Waals surface area contributed by atoms with Crippen LogP contribution in [0.1, 0.15) is 36.4 Å². The predicted molar refractivity (Wildman–Crippen MR) is 62.8 cm³/mol. The third kappa shape index (κ3) is 1.98. The van der Waals surface area contributed by atoms with E-state index < -0.39 is 0 Å². The number of hydrogen-bond acceptors (Lipinski definition) is 1. The summed E-state index contributed by atoms with van der Waals surface area (Å²) in [6.07, 6.45) is 7.54. The Morgan fingerprint density at radius 1 is 1.20 bits per heavy atom. The quantitative estimate of drug-likeness (QED) is 0.738. The average molecular weight is 199 g/mol. The van der Waals surface area contributed by atoms with Crippen molar-refractivity contribution < 1.29 is 0 Å². The number of nitrogens with one attached hydrogen (secondary N) is 1. The van der Waals surface area contributed by atoms with Gasteiger partial charge in [0.05, 0.1) is 0 Å². The first-order valence-corrected chi connectivity index (χ1v) is 5.92. The smallest absolute Gasteiger partial charge is 0.0328 e. The van der Waals surface area contributed by atoms with Crippen LogP contribution in [-0.2, 0) is 6.42 Å². The lowest BCUT2D eigenvalue weighted by molar-refractivity contribution is 0.563. The molecule has 2 aliphatic rings. The summed E-state index contributed by atoms with van der Waals surface area (Å²) in [6.45, 7) is 1.05. The molecule has 1 fully saturated rings. The second-order valence-electron chi connectivity index (χ2n) is 4.56. The molecule has 0 heterocycles. The molecule has 1 unspecified atom stereocenters. The normalized spacial score (nSPS) is 22.7. The highest BCUT2D eigenvalue weighted by Crippen LogP contribution is 2.31. The standard InChI is InChI=1S/C14H17N/c1-2-4-13-12(3-1)7-8-14(13)15-10-9-11-5-6-11/h1-4,9,14-15H,5-8,10H2. The summed E-state index contributed by atoms with van der Waals surface area (Å²) in [5.41, 5.74) is 4.69. The number of fused-ring (bicyclic) bond motifs is 1. The fourth-order valence-corrected chi connectivity index (χ4v) is 2.39. The summed E-state index contributed by atoms with van der Waals surface area (Å²) in [5.74, 6) is 0. The van der Waals surface area contributed by atoms with Gasteiger partial charge in [-0.05, 0) is 36.8 Å². The minimum atomic E-state index is 0.594. The number of benzene rings is 1. The van der Waals surface area contributed by atoms with E-state index in [2.05, 4.69) is 35.7 Å². The van der Waals surface area contributed by atoms with Gasteiger partial charge < -0.3 is 5.32 Å². The monoisotopic (exact) mass is 199 g/mol. The van der Waals surface area contributed by atoms with Gasteiger partial charge in [-0.3, -0.25) is 0 Å². The summed E-state index contributed by atoms with van der Waals surface area (Å²) in [4.78, 5) is 0. The molecule has 0 spiro atoms. The number of hydrogen-bond donors (Lipinski definition) is 1. The minimum absolute atomic E-state index is 0.594. The Labute approximate surface area is 91.2 Å². The summed E-state index contributed by atoms with van der Waals surface area (Å²) < 4.78 is 0. The molecule has 78 valence electrons. The molecule has 1 saturated carbocycles.